The fourth-order valence-corrected chi connectivity index (χ4v) is 2.34. The van der Waals surface area contributed by atoms with Crippen LogP contribution in [0.1, 0.15) is 18.1 Å². The summed E-state index contributed by atoms with van der Waals surface area (Å²) < 4.78 is 0.915. The first kappa shape index (κ1) is 13.0. The van der Waals surface area contributed by atoms with Crippen LogP contribution in [0.3, 0.4) is 0 Å². The van der Waals surface area contributed by atoms with Crippen molar-refractivity contribution in [3.63, 3.8) is 0 Å². The Morgan fingerprint density at radius 2 is 1.83 bits per heavy atom. The average molecular weight is 306 g/mol. The SMILES string of the molecule is CCc1ccc(CN(C)c2ncncc2Br)cc1. The minimum Gasteiger partial charge on any atom is -0.354 e. The Balaban J connectivity index is 2.11. The van der Waals surface area contributed by atoms with E-state index in [2.05, 4.69) is 62.0 Å². The summed E-state index contributed by atoms with van der Waals surface area (Å²) in [6.07, 6.45) is 4.41. The van der Waals surface area contributed by atoms with E-state index in [0.29, 0.717) is 0 Å². The first-order valence-corrected chi connectivity index (χ1v) is 6.74. The zero-order valence-electron chi connectivity index (χ0n) is 10.6. The highest BCUT2D eigenvalue weighted by atomic mass is 79.9. The van der Waals surface area contributed by atoms with Crippen LogP contribution in [0.5, 0.6) is 0 Å². The molecule has 0 aliphatic heterocycles. The lowest BCUT2D eigenvalue weighted by Gasteiger charge is -2.19. The lowest BCUT2D eigenvalue weighted by atomic mass is 10.1. The summed E-state index contributed by atoms with van der Waals surface area (Å²) in [5.74, 6) is 0.907. The summed E-state index contributed by atoms with van der Waals surface area (Å²) in [6.45, 7) is 3.00. The Morgan fingerprint density at radius 1 is 1.17 bits per heavy atom. The predicted molar refractivity (Wildman–Crippen MR) is 77.7 cm³/mol. The third kappa shape index (κ3) is 3.07. The first-order chi connectivity index (χ1) is 8.70. The molecular formula is C14H16BrN3. The van der Waals surface area contributed by atoms with Crippen LogP contribution in [0.25, 0.3) is 0 Å². The third-order valence-electron chi connectivity index (χ3n) is 2.86. The van der Waals surface area contributed by atoms with Crippen molar-refractivity contribution in [3.05, 3.63) is 52.4 Å². The van der Waals surface area contributed by atoms with Crippen molar-refractivity contribution < 1.29 is 0 Å². The molecule has 1 heterocycles. The van der Waals surface area contributed by atoms with E-state index in [0.717, 1.165) is 23.3 Å². The van der Waals surface area contributed by atoms with E-state index < -0.39 is 0 Å². The van der Waals surface area contributed by atoms with Crippen LogP contribution in [0.2, 0.25) is 0 Å². The fraction of sp³-hybridized carbons (Fsp3) is 0.286. The number of hydrogen-bond acceptors (Lipinski definition) is 3. The molecule has 0 saturated carbocycles. The Morgan fingerprint density at radius 3 is 2.44 bits per heavy atom. The third-order valence-corrected chi connectivity index (χ3v) is 3.42. The van der Waals surface area contributed by atoms with E-state index in [9.17, 15) is 0 Å². The molecule has 18 heavy (non-hydrogen) atoms. The van der Waals surface area contributed by atoms with Gasteiger partial charge in [-0.1, -0.05) is 31.2 Å². The highest BCUT2D eigenvalue weighted by Gasteiger charge is 2.07. The fourth-order valence-electron chi connectivity index (χ4n) is 1.82. The number of halogens is 1. The van der Waals surface area contributed by atoms with Crippen molar-refractivity contribution >= 4 is 21.7 Å². The van der Waals surface area contributed by atoms with Gasteiger partial charge in [-0.2, -0.15) is 0 Å². The topological polar surface area (TPSA) is 29.0 Å². The van der Waals surface area contributed by atoms with E-state index in [1.807, 2.05) is 7.05 Å². The summed E-state index contributed by atoms with van der Waals surface area (Å²) in [5.41, 5.74) is 2.64. The second-order valence-corrected chi connectivity index (χ2v) is 5.07. The molecule has 3 nitrogen and oxygen atoms in total. The summed E-state index contributed by atoms with van der Waals surface area (Å²) in [6, 6.07) is 8.70. The zero-order chi connectivity index (χ0) is 13.0. The van der Waals surface area contributed by atoms with Gasteiger partial charge in [0.15, 0.2) is 0 Å². The van der Waals surface area contributed by atoms with Crippen molar-refractivity contribution in [3.8, 4) is 0 Å². The molecular weight excluding hydrogens is 290 g/mol. The van der Waals surface area contributed by atoms with Crippen LogP contribution in [0, 0.1) is 0 Å². The largest absolute Gasteiger partial charge is 0.354 e. The number of aromatic nitrogens is 2. The molecule has 0 radical (unpaired) electrons. The molecule has 94 valence electrons. The molecule has 0 aliphatic carbocycles. The second-order valence-electron chi connectivity index (χ2n) is 4.22. The van der Waals surface area contributed by atoms with Crippen LogP contribution < -0.4 is 4.90 Å². The standard InChI is InChI=1S/C14H16BrN3/c1-3-11-4-6-12(7-5-11)9-18(2)14-13(15)8-16-10-17-14/h4-8,10H,3,9H2,1-2H3. The molecule has 0 unspecified atom stereocenters. The second kappa shape index (κ2) is 5.96. The Hall–Kier alpha value is -1.42. The van der Waals surface area contributed by atoms with Gasteiger partial charge in [-0.3, -0.25) is 0 Å². The number of rotatable bonds is 4. The van der Waals surface area contributed by atoms with Crippen molar-refractivity contribution in [2.45, 2.75) is 19.9 Å². The molecule has 1 aromatic carbocycles. The molecule has 0 N–H and O–H groups in total. The minimum absolute atomic E-state index is 0.833. The van der Waals surface area contributed by atoms with Gasteiger partial charge in [-0.15, -0.1) is 0 Å². The van der Waals surface area contributed by atoms with Gasteiger partial charge in [0, 0.05) is 19.8 Å². The van der Waals surface area contributed by atoms with Crippen molar-refractivity contribution in [1.82, 2.24) is 9.97 Å². The average Bonchev–Trinajstić information content (AvgIpc) is 2.40. The monoisotopic (exact) mass is 305 g/mol. The first-order valence-electron chi connectivity index (χ1n) is 5.95. The van der Waals surface area contributed by atoms with Crippen molar-refractivity contribution in [2.75, 3.05) is 11.9 Å². The van der Waals surface area contributed by atoms with Crippen molar-refractivity contribution in [1.29, 1.82) is 0 Å². The van der Waals surface area contributed by atoms with Crippen LogP contribution in [-0.4, -0.2) is 17.0 Å². The summed E-state index contributed by atoms with van der Waals surface area (Å²) in [5, 5.41) is 0. The quantitative estimate of drug-likeness (QED) is 0.866. The molecule has 0 aliphatic rings. The lowest BCUT2D eigenvalue weighted by molar-refractivity contribution is 0.885. The molecule has 0 spiro atoms. The van der Waals surface area contributed by atoms with Gasteiger partial charge in [-0.05, 0) is 33.5 Å². The van der Waals surface area contributed by atoms with Gasteiger partial charge in [0.05, 0.1) is 4.47 Å². The van der Waals surface area contributed by atoms with E-state index in [1.54, 1.807) is 12.5 Å². The Labute approximate surface area is 116 Å². The van der Waals surface area contributed by atoms with Crippen LogP contribution >= 0.6 is 15.9 Å². The van der Waals surface area contributed by atoms with Gasteiger partial charge in [-0.25, -0.2) is 9.97 Å². The molecule has 0 bridgehead atoms. The highest BCUT2D eigenvalue weighted by Crippen LogP contribution is 2.22. The van der Waals surface area contributed by atoms with Gasteiger partial charge in [0.1, 0.15) is 12.1 Å². The molecule has 0 saturated heterocycles. The molecule has 0 fully saturated rings. The van der Waals surface area contributed by atoms with E-state index in [-0.39, 0.29) is 0 Å². The maximum atomic E-state index is 4.28. The number of anilines is 1. The number of aryl methyl sites for hydroxylation is 1. The van der Waals surface area contributed by atoms with Gasteiger partial charge in [0.25, 0.3) is 0 Å². The van der Waals surface area contributed by atoms with Gasteiger partial charge in [0.2, 0.25) is 0 Å². The predicted octanol–water partition coefficient (Wildman–Crippen LogP) is 3.44. The molecule has 2 rings (SSSR count). The van der Waals surface area contributed by atoms with E-state index in [4.69, 9.17) is 0 Å². The molecule has 1 aromatic heterocycles. The maximum absolute atomic E-state index is 4.28. The Bertz CT molecular complexity index is 511. The maximum Gasteiger partial charge on any atom is 0.146 e. The summed E-state index contributed by atoms with van der Waals surface area (Å²) >= 11 is 3.47. The van der Waals surface area contributed by atoms with E-state index >= 15 is 0 Å². The highest BCUT2D eigenvalue weighted by molar-refractivity contribution is 9.10. The summed E-state index contributed by atoms with van der Waals surface area (Å²) in [4.78, 5) is 10.4. The van der Waals surface area contributed by atoms with Crippen LogP contribution in [-0.2, 0) is 13.0 Å². The van der Waals surface area contributed by atoms with E-state index in [1.165, 1.54) is 11.1 Å². The normalized spacial score (nSPS) is 10.4. The lowest BCUT2D eigenvalue weighted by Crippen LogP contribution is -2.18. The minimum atomic E-state index is 0.833. The number of hydrogen-bond donors (Lipinski definition) is 0. The molecule has 2 aromatic rings. The van der Waals surface area contributed by atoms with Crippen LogP contribution in [0.4, 0.5) is 5.82 Å². The zero-order valence-corrected chi connectivity index (χ0v) is 12.2. The summed E-state index contributed by atoms with van der Waals surface area (Å²) in [7, 11) is 2.03. The molecule has 0 amide bonds. The number of benzene rings is 1. The van der Waals surface area contributed by atoms with Crippen molar-refractivity contribution in [2.24, 2.45) is 0 Å². The molecule has 0 atom stereocenters. The van der Waals surface area contributed by atoms with Crippen LogP contribution in [0.15, 0.2) is 41.3 Å². The van der Waals surface area contributed by atoms with Gasteiger partial charge < -0.3 is 4.90 Å². The number of nitrogens with zero attached hydrogens (tertiary/aromatic N) is 3. The van der Waals surface area contributed by atoms with Gasteiger partial charge >= 0.3 is 0 Å². The molecule has 4 heteroatoms. The smallest absolute Gasteiger partial charge is 0.146 e. The Kier molecular flexibility index (Phi) is 4.31.